The summed E-state index contributed by atoms with van der Waals surface area (Å²) in [5.41, 5.74) is 1.06. The van der Waals surface area contributed by atoms with Crippen molar-refractivity contribution >= 4 is 27.3 Å². The standard InChI is InChI=1S/C23H29F2N3O4S/c1-3-28(4-2)33(30,31)18-9-10-21(27-12-6-5-7-13-27)20(15-18)26-23(29)16-32-22-11-8-17(24)14-19(22)25/h8-11,14-15H,3-7,12-13,16H2,1-2H3,(H,26,29). The van der Waals surface area contributed by atoms with Gasteiger partial charge in [-0.05, 0) is 49.6 Å². The third-order valence-corrected chi connectivity index (χ3v) is 7.58. The van der Waals surface area contributed by atoms with Crippen LogP contribution in [0.3, 0.4) is 0 Å². The number of sulfonamides is 1. The van der Waals surface area contributed by atoms with Gasteiger partial charge in [0.05, 0.1) is 16.3 Å². The highest BCUT2D eigenvalue weighted by molar-refractivity contribution is 7.89. The molecule has 1 aliphatic rings. The van der Waals surface area contributed by atoms with Gasteiger partial charge in [0, 0.05) is 32.2 Å². The number of anilines is 2. The van der Waals surface area contributed by atoms with E-state index in [1.165, 1.54) is 10.4 Å². The van der Waals surface area contributed by atoms with Crippen LogP contribution in [0.1, 0.15) is 33.1 Å². The number of nitrogens with one attached hydrogen (secondary N) is 1. The first-order valence-corrected chi connectivity index (χ1v) is 12.5. The third kappa shape index (κ3) is 6.00. The first kappa shape index (κ1) is 24.9. The highest BCUT2D eigenvalue weighted by Crippen LogP contribution is 2.32. The van der Waals surface area contributed by atoms with E-state index in [-0.39, 0.29) is 10.6 Å². The van der Waals surface area contributed by atoms with E-state index < -0.39 is 34.2 Å². The van der Waals surface area contributed by atoms with Crippen molar-refractivity contribution < 1.29 is 26.7 Å². The highest BCUT2D eigenvalue weighted by Gasteiger charge is 2.25. The molecule has 10 heteroatoms. The van der Waals surface area contributed by atoms with E-state index in [1.807, 2.05) is 0 Å². The maximum absolute atomic E-state index is 13.8. The number of rotatable bonds is 9. The molecule has 0 radical (unpaired) electrons. The second-order valence-electron chi connectivity index (χ2n) is 7.73. The molecule has 1 saturated heterocycles. The molecule has 1 N–H and O–H groups in total. The number of carbonyl (C=O) groups is 1. The van der Waals surface area contributed by atoms with Gasteiger partial charge < -0.3 is 15.0 Å². The Balaban J connectivity index is 1.85. The topological polar surface area (TPSA) is 79.0 Å². The average molecular weight is 482 g/mol. The molecule has 3 rings (SSSR count). The maximum atomic E-state index is 13.8. The summed E-state index contributed by atoms with van der Waals surface area (Å²) in [6.07, 6.45) is 3.11. The summed E-state index contributed by atoms with van der Waals surface area (Å²) >= 11 is 0. The summed E-state index contributed by atoms with van der Waals surface area (Å²) in [5, 5.41) is 2.71. The van der Waals surface area contributed by atoms with Crippen LogP contribution < -0.4 is 15.0 Å². The summed E-state index contributed by atoms with van der Waals surface area (Å²) in [6.45, 7) is 5.24. The van der Waals surface area contributed by atoms with Crippen LogP contribution in [0.4, 0.5) is 20.2 Å². The molecule has 0 aliphatic carbocycles. The number of ether oxygens (including phenoxy) is 1. The van der Waals surface area contributed by atoms with Crippen molar-refractivity contribution in [1.82, 2.24) is 4.31 Å². The summed E-state index contributed by atoms with van der Waals surface area (Å²) in [7, 11) is -3.72. The number of hydrogen-bond acceptors (Lipinski definition) is 5. The Hall–Kier alpha value is -2.72. The van der Waals surface area contributed by atoms with Gasteiger partial charge in [-0.15, -0.1) is 0 Å². The molecule has 2 aromatic carbocycles. The Bertz CT molecular complexity index is 1090. The van der Waals surface area contributed by atoms with Crippen molar-refractivity contribution in [2.24, 2.45) is 0 Å². The predicted octanol–water partition coefficient (Wildman–Crippen LogP) is 4.00. The minimum Gasteiger partial charge on any atom is -0.481 e. The lowest BCUT2D eigenvalue weighted by Crippen LogP contribution is -2.32. The SMILES string of the molecule is CCN(CC)S(=O)(=O)c1ccc(N2CCCCC2)c(NC(=O)COc2ccc(F)cc2F)c1. The molecule has 33 heavy (non-hydrogen) atoms. The van der Waals surface area contributed by atoms with Crippen LogP contribution in [0.2, 0.25) is 0 Å². The first-order valence-electron chi connectivity index (χ1n) is 11.0. The van der Waals surface area contributed by atoms with Crippen LogP contribution in [-0.4, -0.2) is 51.4 Å². The first-order chi connectivity index (χ1) is 15.8. The highest BCUT2D eigenvalue weighted by atomic mass is 32.2. The lowest BCUT2D eigenvalue weighted by molar-refractivity contribution is -0.118. The van der Waals surface area contributed by atoms with Crippen molar-refractivity contribution in [3.8, 4) is 5.75 Å². The van der Waals surface area contributed by atoms with E-state index >= 15 is 0 Å². The molecular formula is C23H29F2N3O4S. The molecule has 1 heterocycles. The predicted molar refractivity (Wildman–Crippen MR) is 123 cm³/mol. The van der Waals surface area contributed by atoms with E-state index in [2.05, 4.69) is 10.2 Å². The minimum atomic E-state index is -3.72. The normalized spacial score (nSPS) is 14.4. The van der Waals surface area contributed by atoms with Crippen LogP contribution in [0.15, 0.2) is 41.3 Å². The van der Waals surface area contributed by atoms with Crippen molar-refractivity contribution in [2.75, 3.05) is 43.0 Å². The van der Waals surface area contributed by atoms with Gasteiger partial charge >= 0.3 is 0 Å². The van der Waals surface area contributed by atoms with Gasteiger partial charge in [0.15, 0.2) is 18.2 Å². The number of benzene rings is 2. The molecule has 0 atom stereocenters. The molecule has 2 aromatic rings. The monoisotopic (exact) mass is 481 g/mol. The fourth-order valence-electron chi connectivity index (χ4n) is 3.82. The van der Waals surface area contributed by atoms with Gasteiger partial charge in [0.2, 0.25) is 10.0 Å². The van der Waals surface area contributed by atoms with Gasteiger partial charge in [0.25, 0.3) is 5.91 Å². The minimum absolute atomic E-state index is 0.0766. The number of halogens is 2. The molecular weight excluding hydrogens is 452 g/mol. The fraction of sp³-hybridized carbons (Fsp3) is 0.435. The average Bonchev–Trinajstić information content (AvgIpc) is 2.79. The Morgan fingerprint density at radius 2 is 1.76 bits per heavy atom. The van der Waals surface area contributed by atoms with E-state index in [4.69, 9.17) is 4.74 Å². The van der Waals surface area contributed by atoms with Crippen LogP contribution in [0.5, 0.6) is 5.75 Å². The van der Waals surface area contributed by atoms with Crippen molar-refractivity contribution in [3.05, 3.63) is 48.0 Å². The van der Waals surface area contributed by atoms with Gasteiger partial charge in [0.1, 0.15) is 5.82 Å². The van der Waals surface area contributed by atoms with Crippen LogP contribution >= 0.6 is 0 Å². The fourth-order valence-corrected chi connectivity index (χ4v) is 5.31. The molecule has 1 amide bonds. The number of carbonyl (C=O) groups excluding carboxylic acids is 1. The summed E-state index contributed by atoms with van der Waals surface area (Å²) < 4.78 is 59.4. The number of hydrogen-bond donors (Lipinski definition) is 1. The molecule has 0 saturated carbocycles. The Morgan fingerprint density at radius 1 is 1.06 bits per heavy atom. The molecule has 0 bridgehead atoms. The molecule has 7 nitrogen and oxygen atoms in total. The van der Waals surface area contributed by atoms with E-state index in [1.54, 1.807) is 26.0 Å². The summed E-state index contributed by atoms with van der Waals surface area (Å²) in [5.74, 6) is -2.50. The van der Waals surface area contributed by atoms with Gasteiger partial charge in [-0.3, -0.25) is 4.79 Å². The van der Waals surface area contributed by atoms with Crippen LogP contribution in [0.25, 0.3) is 0 Å². The number of nitrogens with zero attached hydrogens (tertiary/aromatic N) is 2. The lowest BCUT2D eigenvalue weighted by Gasteiger charge is -2.31. The number of amides is 1. The zero-order valence-electron chi connectivity index (χ0n) is 18.8. The van der Waals surface area contributed by atoms with Gasteiger partial charge in [-0.25, -0.2) is 17.2 Å². The van der Waals surface area contributed by atoms with E-state index in [0.29, 0.717) is 24.8 Å². The van der Waals surface area contributed by atoms with Crippen molar-refractivity contribution in [2.45, 2.75) is 38.0 Å². The van der Waals surface area contributed by atoms with Gasteiger partial charge in [-0.1, -0.05) is 13.8 Å². The zero-order valence-corrected chi connectivity index (χ0v) is 19.6. The Labute approximate surface area is 193 Å². The Morgan fingerprint density at radius 3 is 2.39 bits per heavy atom. The third-order valence-electron chi connectivity index (χ3n) is 5.53. The smallest absolute Gasteiger partial charge is 0.262 e. The second-order valence-corrected chi connectivity index (χ2v) is 9.67. The molecule has 180 valence electrons. The van der Waals surface area contributed by atoms with E-state index in [0.717, 1.165) is 50.2 Å². The summed E-state index contributed by atoms with van der Waals surface area (Å²) in [4.78, 5) is 14.8. The van der Waals surface area contributed by atoms with Crippen molar-refractivity contribution in [1.29, 1.82) is 0 Å². The molecule has 0 spiro atoms. The molecule has 0 unspecified atom stereocenters. The van der Waals surface area contributed by atoms with E-state index in [9.17, 15) is 22.0 Å². The molecule has 0 aromatic heterocycles. The largest absolute Gasteiger partial charge is 0.481 e. The van der Waals surface area contributed by atoms with Crippen LogP contribution in [0, 0.1) is 11.6 Å². The quantitative estimate of drug-likeness (QED) is 0.586. The van der Waals surface area contributed by atoms with Crippen molar-refractivity contribution in [3.63, 3.8) is 0 Å². The maximum Gasteiger partial charge on any atom is 0.262 e. The summed E-state index contributed by atoms with van der Waals surface area (Å²) in [6, 6.07) is 7.52. The molecule has 1 aliphatic heterocycles. The van der Waals surface area contributed by atoms with Crippen LogP contribution in [-0.2, 0) is 14.8 Å². The zero-order chi connectivity index (χ0) is 24.0. The second kappa shape index (κ2) is 10.9. The van der Waals surface area contributed by atoms with Gasteiger partial charge in [-0.2, -0.15) is 4.31 Å². The number of piperidine rings is 1. The Kier molecular flexibility index (Phi) is 8.25. The molecule has 1 fully saturated rings. The lowest BCUT2D eigenvalue weighted by atomic mass is 10.1.